The van der Waals surface area contributed by atoms with Crippen LogP contribution < -0.4 is 14.7 Å². The van der Waals surface area contributed by atoms with E-state index in [0.717, 1.165) is 54.7 Å². The summed E-state index contributed by atoms with van der Waals surface area (Å²) in [5, 5.41) is 3.21. The molecule has 0 saturated carbocycles. The maximum atomic E-state index is 4.69. The average Bonchev–Trinajstić information content (AvgIpc) is 3.01. The van der Waals surface area contributed by atoms with Crippen molar-refractivity contribution in [3.8, 4) is 0 Å². The van der Waals surface area contributed by atoms with Crippen molar-refractivity contribution in [3.63, 3.8) is 0 Å². The lowest BCUT2D eigenvalue weighted by atomic mass is 10.2. The lowest BCUT2D eigenvalue weighted by molar-refractivity contribution is 0.629. The summed E-state index contributed by atoms with van der Waals surface area (Å²) in [6, 6.07) is 0. The second-order valence-corrected chi connectivity index (χ2v) is 7.42. The summed E-state index contributed by atoms with van der Waals surface area (Å²) in [6.07, 6.45) is 0. The van der Waals surface area contributed by atoms with E-state index < -0.39 is 0 Å². The summed E-state index contributed by atoms with van der Waals surface area (Å²) < 4.78 is 0. The van der Waals surface area contributed by atoms with Gasteiger partial charge in [0.2, 0.25) is 11.9 Å². The van der Waals surface area contributed by atoms with Gasteiger partial charge in [-0.3, -0.25) is 0 Å². The molecule has 0 unspecified atom stereocenters. The Kier molecular flexibility index (Phi) is 4.84. The van der Waals surface area contributed by atoms with Gasteiger partial charge in [0.25, 0.3) is 0 Å². The number of hydrogen-bond acceptors (Lipinski definition) is 8. The standard InChI is InChI=1S/C16H25N7S/c1-11(2)13-18-14(21(4)5)20-15(19-13)22-6-8-23(9-7-22)16-17-12(3)10-24-16/h10-11H,6-9H2,1-5H3. The van der Waals surface area contributed by atoms with Crippen LogP contribution in [-0.2, 0) is 0 Å². The number of hydrogen-bond donors (Lipinski definition) is 0. The molecule has 130 valence electrons. The van der Waals surface area contributed by atoms with Crippen LogP contribution in [0.1, 0.15) is 31.3 Å². The predicted octanol–water partition coefficient (Wildman–Crippen LogP) is 2.15. The van der Waals surface area contributed by atoms with Crippen LogP contribution in [0.25, 0.3) is 0 Å². The molecule has 0 spiro atoms. The maximum Gasteiger partial charge on any atom is 0.230 e. The van der Waals surface area contributed by atoms with E-state index in [1.807, 2.05) is 25.9 Å². The van der Waals surface area contributed by atoms with Gasteiger partial charge >= 0.3 is 0 Å². The van der Waals surface area contributed by atoms with Crippen molar-refractivity contribution in [1.29, 1.82) is 0 Å². The van der Waals surface area contributed by atoms with Gasteiger partial charge in [0, 0.05) is 51.6 Å². The Balaban J connectivity index is 1.76. The van der Waals surface area contributed by atoms with Crippen molar-refractivity contribution >= 4 is 28.4 Å². The number of rotatable bonds is 4. The predicted molar refractivity (Wildman–Crippen MR) is 99.5 cm³/mol. The summed E-state index contributed by atoms with van der Waals surface area (Å²) in [7, 11) is 3.93. The molecule has 0 radical (unpaired) electrons. The number of anilines is 3. The van der Waals surface area contributed by atoms with E-state index in [9.17, 15) is 0 Å². The van der Waals surface area contributed by atoms with Crippen molar-refractivity contribution in [3.05, 3.63) is 16.9 Å². The highest BCUT2D eigenvalue weighted by molar-refractivity contribution is 7.13. The van der Waals surface area contributed by atoms with Gasteiger partial charge in [-0.2, -0.15) is 15.0 Å². The number of thiazole rings is 1. The summed E-state index contributed by atoms with van der Waals surface area (Å²) in [4.78, 5) is 25.0. The highest BCUT2D eigenvalue weighted by Gasteiger charge is 2.22. The molecule has 0 atom stereocenters. The average molecular weight is 347 g/mol. The third-order valence-electron chi connectivity index (χ3n) is 3.99. The molecule has 0 bridgehead atoms. The fourth-order valence-corrected chi connectivity index (χ4v) is 3.41. The Bertz CT molecular complexity index is 663. The number of piperazine rings is 1. The van der Waals surface area contributed by atoms with Crippen LogP contribution in [0.15, 0.2) is 5.38 Å². The Labute approximate surface area is 147 Å². The molecule has 2 aromatic rings. The largest absolute Gasteiger partial charge is 0.347 e. The molecule has 8 heteroatoms. The number of aromatic nitrogens is 4. The van der Waals surface area contributed by atoms with Crippen LogP contribution in [-0.4, -0.2) is 60.2 Å². The van der Waals surface area contributed by atoms with Gasteiger partial charge in [0.15, 0.2) is 5.13 Å². The monoisotopic (exact) mass is 347 g/mol. The van der Waals surface area contributed by atoms with Crippen LogP contribution in [0.4, 0.5) is 17.0 Å². The first-order chi connectivity index (χ1) is 11.4. The minimum atomic E-state index is 0.282. The SMILES string of the molecule is Cc1csc(N2CCN(c3nc(C(C)C)nc(N(C)C)n3)CC2)n1. The van der Waals surface area contributed by atoms with Gasteiger partial charge in [0.05, 0.1) is 5.69 Å². The van der Waals surface area contributed by atoms with Gasteiger partial charge in [-0.05, 0) is 6.92 Å². The fraction of sp³-hybridized carbons (Fsp3) is 0.625. The topological polar surface area (TPSA) is 61.3 Å². The van der Waals surface area contributed by atoms with Crippen molar-refractivity contribution in [2.45, 2.75) is 26.7 Å². The molecular formula is C16H25N7S. The zero-order chi connectivity index (χ0) is 17.3. The fourth-order valence-electron chi connectivity index (χ4n) is 2.55. The molecule has 1 aliphatic heterocycles. The summed E-state index contributed by atoms with van der Waals surface area (Å²) in [6.45, 7) is 9.93. The van der Waals surface area contributed by atoms with Gasteiger partial charge in [-0.1, -0.05) is 13.8 Å². The second-order valence-electron chi connectivity index (χ2n) is 6.59. The van der Waals surface area contributed by atoms with E-state index >= 15 is 0 Å². The third-order valence-corrected chi connectivity index (χ3v) is 5.00. The first-order valence-electron chi connectivity index (χ1n) is 8.29. The van der Waals surface area contributed by atoms with Crippen LogP contribution in [0.2, 0.25) is 0 Å². The first-order valence-corrected chi connectivity index (χ1v) is 9.17. The highest BCUT2D eigenvalue weighted by atomic mass is 32.1. The van der Waals surface area contributed by atoms with Gasteiger partial charge < -0.3 is 14.7 Å². The molecule has 1 aliphatic rings. The summed E-state index contributed by atoms with van der Waals surface area (Å²) in [5.41, 5.74) is 1.09. The van der Waals surface area contributed by atoms with E-state index in [1.165, 1.54) is 0 Å². The first kappa shape index (κ1) is 16.9. The van der Waals surface area contributed by atoms with Crippen LogP contribution in [0.5, 0.6) is 0 Å². The third kappa shape index (κ3) is 3.58. The Hall–Kier alpha value is -1.96. The molecule has 3 rings (SSSR count). The van der Waals surface area contributed by atoms with E-state index in [4.69, 9.17) is 0 Å². The Morgan fingerprint density at radius 2 is 1.67 bits per heavy atom. The summed E-state index contributed by atoms with van der Waals surface area (Å²) >= 11 is 1.71. The molecule has 3 heterocycles. The van der Waals surface area contributed by atoms with Gasteiger partial charge in [-0.15, -0.1) is 11.3 Å². The number of aryl methyl sites for hydroxylation is 1. The lowest BCUT2D eigenvalue weighted by Crippen LogP contribution is -2.47. The maximum absolute atomic E-state index is 4.69. The normalized spacial score (nSPS) is 15.2. The van der Waals surface area contributed by atoms with Crippen LogP contribution >= 0.6 is 11.3 Å². The van der Waals surface area contributed by atoms with E-state index in [2.05, 4.69) is 49.0 Å². The Morgan fingerprint density at radius 3 is 2.21 bits per heavy atom. The molecule has 2 aromatic heterocycles. The molecule has 0 aliphatic carbocycles. The van der Waals surface area contributed by atoms with Crippen molar-refractivity contribution in [2.24, 2.45) is 0 Å². The van der Waals surface area contributed by atoms with Crippen LogP contribution in [0.3, 0.4) is 0 Å². The second kappa shape index (κ2) is 6.88. The van der Waals surface area contributed by atoms with E-state index in [-0.39, 0.29) is 5.92 Å². The van der Waals surface area contributed by atoms with Gasteiger partial charge in [-0.25, -0.2) is 4.98 Å². The molecule has 7 nitrogen and oxygen atoms in total. The van der Waals surface area contributed by atoms with Crippen LogP contribution in [0, 0.1) is 6.92 Å². The molecule has 0 N–H and O–H groups in total. The molecule has 0 aromatic carbocycles. The minimum Gasteiger partial charge on any atom is -0.347 e. The minimum absolute atomic E-state index is 0.282. The van der Waals surface area contributed by atoms with Gasteiger partial charge in [0.1, 0.15) is 5.82 Å². The molecule has 0 amide bonds. The van der Waals surface area contributed by atoms with Crippen molar-refractivity contribution in [1.82, 2.24) is 19.9 Å². The Morgan fingerprint density at radius 1 is 1.00 bits per heavy atom. The lowest BCUT2D eigenvalue weighted by Gasteiger charge is -2.34. The summed E-state index contributed by atoms with van der Waals surface area (Å²) in [5.74, 6) is 2.64. The highest BCUT2D eigenvalue weighted by Crippen LogP contribution is 2.23. The zero-order valence-corrected chi connectivity index (χ0v) is 15.8. The zero-order valence-electron chi connectivity index (χ0n) is 15.0. The van der Waals surface area contributed by atoms with Crippen molar-refractivity contribution < 1.29 is 0 Å². The van der Waals surface area contributed by atoms with Crippen molar-refractivity contribution in [2.75, 3.05) is 55.0 Å². The quantitative estimate of drug-likeness (QED) is 0.840. The van der Waals surface area contributed by atoms with E-state index in [1.54, 1.807) is 11.3 Å². The molecular weight excluding hydrogens is 322 g/mol. The molecule has 24 heavy (non-hydrogen) atoms. The number of nitrogens with zero attached hydrogens (tertiary/aromatic N) is 7. The van der Waals surface area contributed by atoms with E-state index in [0.29, 0.717) is 0 Å². The molecule has 1 fully saturated rings. The molecule has 1 saturated heterocycles. The smallest absolute Gasteiger partial charge is 0.230 e.